The van der Waals surface area contributed by atoms with Crippen LogP contribution in [0.4, 0.5) is 13.2 Å². The third kappa shape index (κ3) is 4.68. The number of hydrogen-bond acceptors (Lipinski definition) is 3. The van der Waals surface area contributed by atoms with E-state index in [1.165, 1.54) is 12.1 Å². The summed E-state index contributed by atoms with van der Waals surface area (Å²) in [4.78, 5) is 14.3. The summed E-state index contributed by atoms with van der Waals surface area (Å²) in [6.07, 6.45) is -4.45. The average molecular weight is 330 g/mol. The van der Waals surface area contributed by atoms with Gasteiger partial charge >= 0.3 is 6.18 Å². The minimum Gasteiger partial charge on any atom is -0.379 e. The number of carbonyl (C=O) groups is 1. The van der Waals surface area contributed by atoms with Crippen LogP contribution in [-0.4, -0.2) is 49.2 Å². The number of amides is 1. The fourth-order valence-corrected chi connectivity index (χ4v) is 2.52. The number of benzene rings is 1. The molecule has 128 valence electrons. The van der Waals surface area contributed by atoms with Crippen molar-refractivity contribution >= 4 is 5.91 Å². The number of alkyl halides is 3. The summed E-state index contributed by atoms with van der Waals surface area (Å²) in [7, 11) is 0. The Balaban J connectivity index is 1.99. The monoisotopic (exact) mass is 330 g/mol. The highest BCUT2D eigenvalue weighted by Crippen LogP contribution is 2.29. The van der Waals surface area contributed by atoms with Gasteiger partial charge in [-0.3, -0.25) is 9.69 Å². The van der Waals surface area contributed by atoms with E-state index in [1.807, 2.05) is 13.8 Å². The first-order valence-corrected chi connectivity index (χ1v) is 7.48. The molecule has 2 rings (SSSR count). The van der Waals surface area contributed by atoms with Gasteiger partial charge in [0.05, 0.1) is 18.8 Å². The van der Waals surface area contributed by atoms with E-state index < -0.39 is 17.6 Å². The van der Waals surface area contributed by atoms with Crippen molar-refractivity contribution in [1.82, 2.24) is 10.2 Å². The first-order chi connectivity index (χ1) is 10.7. The second-order valence-corrected chi connectivity index (χ2v) is 6.17. The van der Waals surface area contributed by atoms with Crippen molar-refractivity contribution in [2.24, 2.45) is 0 Å². The Labute approximate surface area is 133 Å². The van der Waals surface area contributed by atoms with Gasteiger partial charge < -0.3 is 10.1 Å². The molecule has 0 atom stereocenters. The van der Waals surface area contributed by atoms with Crippen LogP contribution in [0.5, 0.6) is 0 Å². The minimum atomic E-state index is -4.45. The zero-order valence-electron chi connectivity index (χ0n) is 13.2. The van der Waals surface area contributed by atoms with Crippen LogP contribution in [0.2, 0.25) is 0 Å². The van der Waals surface area contributed by atoms with Crippen molar-refractivity contribution in [3.8, 4) is 0 Å². The van der Waals surface area contributed by atoms with Gasteiger partial charge in [0.2, 0.25) is 0 Å². The predicted octanol–water partition coefficient (Wildman–Crippen LogP) is 2.55. The minimum absolute atomic E-state index is 0.0117. The molecular weight excluding hydrogens is 309 g/mol. The van der Waals surface area contributed by atoms with Gasteiger partial charge in [0.25, 0.3) is 5.91 Å². The normalized spacial score (nSPS) is 17.1. The third-order valence-electron chi connectivity index (χ3n) is 4.00. The molecule has 0 bridgehead atoms. The maximum Gasteiger partial charge on any atom is 0.416 e. The van der Waals surface area contributed by atoms with E-state index in [0.29, 0.717) is 19.8 Å². The highest BCUT2D eigenvalue weighted by atomic mass is 19.4. The molecule has 1 aromatic carbocycles. The molecule has 7 heteroatoms. The molecule has 1 saturated heterocycles. The maximum atomic E-state index is 12.7. The van der Waals surface area contributed by atoms with E-state index in [4.69, 9.17) is 4.74 Å². The molecule has 1 fully saturated rings. The molecule has 0 saturated carbocycles. The lowest BCUT2D eigenvalue weighted by Crippen LogP contribution is -2.55. The van der Waals surface area contributed by atoms with Crippen molar-refractivity contribution in [2.75, 3.05) is 32.8 Å². The van der Waals surface area contributed by atoms with E-state index in [-0.39, 0.29) is 11.1 Å². The summed E-state index contributed by atoms with van der Waals surface area (Å²) in [6, 6.07) is 4.45. The lowest BCUT2D eigenvalue weighted by Gasteiger charge is -2.40. The van der Waals surface area contributed by atoms with Crippen molar-refractivity contribution in [1.29, 1.82) is 0 Å². The molecule has 1 aliphatic rings. The lowest BCUT2D eigenvalue weighted by molar-refractivity contribution is -0.137. The van der Waals surface area contributed by atoms with Crippen molar-refractivity contribution < 1.29 is 22.7 Å². The van der Waals surface area contributed by atoms with Gasteiger partial charge in [-0.05, 0) is 32.0 Å². The van der Waals surface area contributed by atoms with Crippen LogP contribution in [-0.2, 0) is 10.9 Å². The van der Waals surface area contributed by atoms with Crippen LogP contribution < -0.4 is 5.32 Å². The molecule has 1 amide bonds. The average Bonchev–Trinajstić information content (AvgIpc) is 2.53. The van der Waals surface area contributed by atoms with E-state index >= 15 is 0 Å². The molecule has 0 aliphatic carbocycles. The van der Waals surface area contributed by atoms with Crippen LogP contribution >= 0.6 is 0 Å². The van der Waals surface area contributed by atoms with E-state index in [1.54, 1.807) is 0 Å². The van der Waals surface area contributed by atoms with E-state index in [9.17, 15) is 18.0 Å². The smallest absolute Gasteiger partial charge is 0.379 e. The molecule has 23 heavy (non-hydrogen) atoms. The second kappa shape index (κ2) is 6.88. The fourth-order valence-electron chi connectivity index (χ4n) is 2.52. The topological polar surface area (TPSA) is 41.6 Å². The quantitative estimate of drug-likeness (QED) is 0.922. The zero-order valence-corrected chi connectivity index (χ0v) is 13.2. The first-order valence-electron chi connectivity index (χ1n) is 7.48. The number of halogens is 3. The van der Waals surface area contributed by atoms with E-state index in [2.05, 4.69) is 10.2 Å². The van der Waals surface area contributed by atoms with E-state index in [0.717, 1.165) is 25.2 Å². The zero-order chi connectivity index (χ0) is 17.1. The molecule has 0 aromatic heterocycles. The summed E-state index contributed by atoms with van der Waals surface area (Å²) in [6.45, 7) is 7.16. The highest BCUT2D eigenvalue weighted by molar-refractivity contribution is 5.94. The summed E-state index contributed by atoms with van der Waals surface area (Å²) < 4.78 is 43.4. The second-order valence-electron chi connectivity index (χ2n) is 6.17. The van der Waals surface area contributed by atoms with Gasteiger partial charge in [-0.2, -0.15) is 13.2 Å². The van der Waals surface area contributed by atoms with Crippen LogP contribution in [0.15, 0.2) is 24.3 Å². The van der Waals surface area contributed by atoms with Gasteiger partial charge in [-0.25, -0.2) is 0 Å². The standard InChI is InChI=1S/C16H21F3N2O2/c1-15(2,21-6-8-23-9-7-21)11-20-14(22)12-4-3-5-13(10-12)16(17,18)19/h3-5,10H,6-9,11H2,1-2H3,(H,20,22). The van der Waals surface area contributed by atoms with Crippen LogP contribution in [0, 0.1) is 0 Å². The molecule has 0 unspecified atom stereocenters. The third-order valence-corrected chi connectivity index (χ3v) is 4.00. The van der Waals surface area contributed by atoms with Crippen LogP contribution in [0.25, 0.3) is 0 Å². The number of rotatable bonds is 4. The summed E-state index contributed by atoms with van der Waals surface area (Å²) in [5.41, 5.74) is -1.10. The van der Waals surface area contributed by atoms with Crippen molar-refractivity contribution in [2.45, 2.75) is 25.6 Å². The Morgan fingerprint density at radius 2 is 1.91 bits per heavy atom. The van der Waals surface area contributed by atoms with Gasteiger partial charge in [-0.15, -0.1) is 0 Å². The molecule has 1 aromatic rings. The largest absolute Gasteiger partial charge is 0.416 e. The summed E-state index contributed by atoms with van der Waals surface area (Å²) in [5.74, 6) is -0.502. The molecule has 4 nitrogen and oxygen atoms in total. The van der Waals surface area contributed by atoms with Crippen molar-refractivity contribution in [3.05, 3.63) is 35.4 Å². The number of morpholine rings is 1. The Morgan fingerprint density at radius 3 is 2.52 bits per heavy atom. The van der Waals surface area contributed by atoms with Crippen molar-refractivity contribution in [3.63, 3.8) is 0 Å². The summed E-state index contributed by atoms with van der Waals surface area (Å²) in [5, 5.41) is 2.73. The maximum absolute atomic E-state index is 12.7. The molecular formula is C16H21F3N2O2. The summed E-state index contributed by atoms with van der Waals surface area (Å²) >= 11 is 0. The van der Waals surface area contributed by atoms with Gasteiger partial charge in [0.1, 0.15) is 0 Å². The molecule has 1 heterocycles. The van der Waals surface area contributed by atoms with Crippen LogP contribution in [0.3, 0.4) is 0 Å². The number of hydrogen-bond donors (Lipinski definition) is 1. The Bertz CT molecular complexity index is 553. The number of nitrogens with one attached hydrogen (secondary N) is 1. The Kier molecular flexibility index (Phi) is 5.31. The molecule has 1 N–H and O–H groups in total. The number of ether oxygens (including phenoxy) is 1. The molecule has 1 aliphatic heterocycles. The Hall–Kier alpha value is -1.60. The van der Waals surface area contributed by atoms with Gasteiger partial charge in [0.15, 0.2) is 0 Å². The fraction of sp³-hybridized carbons (Fsp3) is 0.562. The SMILES string of the molecule is CC(C)(CNC(=O)c1cccc(C(F)(F)F)c1)N1CCOCC1. The predicted molar refractivity (Wildman–Crippen MR) is 80.2 cm³/mol. The number of carbonyl (C=O) groups excluding carboxylic acids is 1. The lowest BCUT2D eigenvalue weighted by atomic mass is 10.0. The van der Waals surface area contributed by atoms with Gasteiger partial charge in [0, 0.05) is 30.7 Å². The highest BCUT2D eigenvalue weighted by Gasteiger charge is 2.31. The number of nitrogens with zero attached hydrogens (tertiary/aromatic N) is 1. The first kappa shape index (κ1) is 17.7. The van der Waals surface area contributed by atoms with Crippen LogP contribution in [0.1, 0.15) is 29.8 Å². The van der Waals surface area contributed by atoms with Gasteiger partial charge in [-0.1, -0.05) is 6.07 Å². The Morgan fingerprint density at radius 1 is 1.26 bits per heavy atom. The molecule has 0 spiro atoms. The molecule has 0 radical (unpaired) electrons.